The summed E-state index contributed by atoms with van der Waals surface area (Å²) in [6.45, 7) is 6.28. The fourth-order valence-electron chi connectivity index (χ4n) is 1.65. The van der Waals surface area contributed by atoms with Crippen LogP contribution in [0.15, 0.2) is 23.6 Å². The number of nitrogens with one attached hydrogen (secondary N) is 1. The minimum Gasteiger partial charge on any atom is -0.485 e. The largest absolute Gasteiger partial charge is 0.485 e. The average Bonchev–Trinajstić information content (AvgIpc) is 2.81. The van der Waals surface area contributed by atoms with E-state index in [1.165, 1.54) is 0 Å². The fraction of sp³-hybridized carbons (Fsp3) is 0.357. The van der Waals surface area contributed by atoms with E-state index in [9.17, 15) is 0 Å². The van der Waals surface area contributed by atoms with Crippen LogP contribution in [0.3, 0.4) is 0 Å². The second-order valence-electron chi connectivity index (χ2n) is 4.22. The minimum atomic E-state index is 0.463. The topological polar surface area (TPSA) is 34.1 Å². The molecule has 0 spiro atoms. The van der Waals surface area contributed by atoms with E-state index in [1.54, 1.807) is 11.3 Å². The summed E-state index contributed by atoms with van der Waals surface area (Å²) < 4.78 is 5.69. The lowest BCUT2D eigenvalue weighted by molar-refractivity contribution is 0.305. The van der Waals surface area contributed by atoms with Crippen LogP contribution in [0.25, 0.3) is 0 Å². The highest BCUT2D eigenvalue weighted by molar-refractivity contribution is 7.09. The molecule has 5 heteroatoms. The van der Waals surface area contributed by atoms with Gasteiger partial charge in [-0.3, -0.25) is 0 Å². The first-order valence-electron chi connectivity index (χ1n) is 6.22. The van der Waals surface area contributed by atoms with Gasteiger partial charge < -0.3 is 10.1 Å². The maximum Gasteiger partial charge on any atom is 0.140 e. The lowest BCUT2D eigenvalue weighted by Crippen LogP contribution is -2.11. The Kier molecular flexibility index (Phi) is 5.19. The van der Waals surface area contributed by atoms with Crippen LogP contribution in [0.2, 0.25) is 5.02 Å². The Morgan fingerprint density at radius 1 is 1.42 bits per heavy atom. The van der Waals surface area contributed by atoms with Gasteiger partial charge in [0.15, 0.2) is 0 Å². The molecule has 0 fully saturated rings. The van der Waals surface area contributed by atoms with E-state index in [2.05, 4.69) is 17.2 Å². The van der Waals surface area contributed by atoms with Crippen molar-refractivity contribution in [3.63, 3.8) is 0 Å². The zero-order valence-electron chi connectivity index (χ0n) is 11.1. The van der Waals surface area contributed by atoms with Crippen molar-refractivity contribution < 1.29 is 4.74 Å². The molecule has 0 aliphatic carbocycles. The molecule has 0 aliphatic rings. The molecule has 1 heterocycles. The summed E-state index contributed by atoms with van der Waals surface area (Å²) in [5, 5.41) is 6.88. The Bertz CT molecular complexity index is 542. The van der Waals surface area contributed by atoms with Crippen molar-refractivity contribution in [3.8, 4) is 5.75 Å². The van der Waals surface area contributed by atoms with Crippen LogP contribution >= 0.6 is 22.9 Å². The van der Waals surface area contributed by atoms with Crippen LogP contribution in [0.4, 0.5) is 0 Å². The van der Waals surface area contributed by atoms with Crippen molar-refractivity contribution in [1.29, 1.82) is 0 Å². The molecule has 2 rings (SSSR count). The fourth-order valence-corrected chi connectivity index (χ4v) is 2.59. The van der Waals surface area contributed by atoms with Gasteiger partial charge in [0.2, 0.25) is 0 Å². The highest BCUT2D eigenvalue weighted by Gasteiger charge is 2.05. The van der Waals surface area contributed by atoms with Crippen molar-refractivity contribution in [2.45, 2.75) is 27.0 Å². The van der Waals surface area contributed by atoms with Gasteiger partial charge in [-0.15, -0.1) is 11.3 Å². The third-order valence-corrected chi connectivity index (χ3v) is 3.83. The summed E-state index contributed by atoms with van der Waals surface area (Å²) in [6.07, 6.45) is 0. The molecule has 0 amide bonds. The van der Waals surface area contributed by atoms with Crippen molar-refractivity contribution in [1.82, 2.24) is 10.3 Å². The van der Waals surface area contributed by atoms with E-state index in [1.807, 2.05) is 30.5 Å². The van der Waals surface area contributed by atoms with E-state index >= 15 is 0 Å². The summed E-state index contributed by atoms with van der Waals surface area (Å²) in [4.78, 5) is 4.35. The second kappa shape index (κ2) is 6.89. The predicted molar refractivity (Wildman–Crippen MR) is 80.0 cm³/mol. The average molecular weight is 297 g/mol. The van der Waals surface area contributed by atoms with Gasteiger partial charge in [0, 0.05) is 17.6 Å². The molecule has 1 aromatic heterocycles. The smallest absolute Gasteiger partial charge is 0.140 e. The molecule has 0 atom stereocenters. The molecule has 0 unspecified atom stereocenters. The lowest BCUT2D eigenvalue weighted by atomic mass is 10.2. The Morgan fingerprint density at radius 2 is 2.26 bits per heavy atom. The highest BCUT2D eigenvalue weighted by atomic mass is 35.5. The monoisotopic (exact) mass is 296 g/mol. The molecule has 0 aliphatic heterocycles. The van der Waals surface area contributed by atoms with Crippen LogP contribution in [-0.2, 0) is 13.2 Å². The van der Waals surface area contributed by atoms with Gasteiger partial charge in [-0.25, -0.2) is 4.98 Å². The molecule has 1 aromatic carbocycles. The number of ether oxygens (including phenoxy) is 1. The standard InChI is InChI=1S/C14H17ClN2OS/c1-3-16-7-11-4-5-13(12(15)6-11)18-8-14-17-10(2)9-19-14/h4-6,9,16H,3,7-8H2,1-2H3. The Hall–Kier alpha value is -1.10. The number of aromatic nitrogens is 1. The maximum atomic E-state index is 6.21. The first-order valence-corrected chi connectivity index (χ1v) is 7.47. The molecule has 0 saturated carbocycles. The third kappa shape index (κ3) is 4.20. The zero-order valence-corrected chi connectivity index (χ0v) is 12.6. The van der Waals surface area contributed by atoms with Crippen LogP contribution in [0.5, 0.6) is 5.75 Å². The molecule has 102 valence electrons. The van der Waals surface area contributed by atoms with Gasteiger partial charge in [-0.05, 0) is 31.2 Å². The summed E-state index contributed by atoms with van der Waals surface area (Å²) in [6, 6.07) is 5.87. The number of nitrogens with zero attached hydrogens (tertiary/aromatic N) is 1. The minimum absolute atomic E-state index is 0.463. The summed E-state index contributed by atoms with van der Waals surface area (Å²) in [5.74, 6) is 0.703. The van der Waals surface area contributed by atoms with Crippen molar-refractivity contribution in [2.75, 3.05) is 6.54 Å². The summed E-state index contributed by atoms with van der Waals surface area (Å²) in [7, 11) is 0. The van der Waals surface area contributed by atoms with Crippen LogP contribution in [0, 0.1) is 6.92 Å². The first kappa shape index (κ1) is 14.3. The summed E-state index contributed by atoms with van der Waals surface area (Å²) in [5.41, 5.74) is 2.18. The van der Waals surface area contributed by atoms with Crippen LogP contribution < -0.4 is 10.1 Å². The number of aryl methyl sites for hydroxylation is 1. The first-order chi connectivity index (χ1) is 9.19. The second-order valence-corrected chi connectivity index (χ2v) is 5.57. The normalized spacial score (nSPS) is 10.7. The van der Waals surface area contributed by atoms with E-state index in [4.69, 9.17) is 16.3 Å². The van der Waals surface area contributed by atoms with Crippen molar-refractivity contribution >= 4 is 22.9 Å². The Balaban J connectivity index is 1.96. The third-order valence-electron chi connectivity index (χ3n) is 2.59. The van der Waals surface area contributed by atoms with Gasteiger partial charge in [-0.1, -0.05) is 24.6 Å². The molecule has 2 aromatic rings. The molecule has 0 radical (unpaired) electrons. The van der Waals surface area contributed by atoms with Gasteiger partial charge >= 0.3 is 0 Å². The molecule has 1 N–H and O–H groups in total. The van der Waals surface area contributed by atoms with E-state index < -0.39 is 0 Å². The quantitative estimate of drug-likeness (QED) is 0.880. The Morgan fingerprint density at radius 3 is 2.89 bits per heavy atom. The number of halogens is 1. The predicted octanol–water partition coefficient (Wildman–Crippen LogP) is 3.79. The number of benzene rings is 1. The number of hydrogen-bond acceptors (Lipinski definition) is 4. The molecular weight excluding hydrogens is 280 g/mol. The zero-order chi connectivity index (χ0) is 13.7. The van der Waals surface area contributed by atoms with Gasteiger partial charge in [0.05, 0.1) is 5.02 Å². The lowest BCUT2D eigenvalue weighted by Gasteiger charge is -2.08. The maximum absolute atomic E-state index is 6.21. The molecule has 0 bridgehead atoms. The van der Waals surface area contributed by atoms with E-state index in [-0.39, 0.29) is 0 Å². The Labute approximate surface area is 122 Å². The van der Waals surface area contributed by atoms with Gasteiger partial charge in [-0.2, -0.15) is 0 Å². The number of hydrogen-bond donors (Lipinski definition) is 1. The van der Waals surface area contributed by atoms with Crippen molar-refractivity contribution in [3.05, 3.63) is 44.9 Å². The number of rotatable bonds is 6. The molecule has 0 saturated heterocycles. The van der Waals surface area contributed by atoms with Crippen LogP contribution in [-0.4, -0.2) is 11.5 Å². The van der Waals surface area contributed by atoms with E-state index in [0.29, 0.717) is 17.4 Å². The van der Waals surface area contributed by atoms with Crippen molar-refractivity contribution in [2.24, 2.45) is 0 Å². The number of thiazole rings is 1. The molecular formula is C14H17ClN2OS. The molecule has 3 nitrogen and oxygen atoms in total. The van der Waals surface area contributed by atoms with Gasteiger partial charge in [0.25, 0.3) is 0 Å². The van der Waals surface area contributed by atoms with Crippen LogP contribution in [0.1, 0.15) is 23.2 Å². The summed E-state index contributed by atoms with van der Waals surface area (Å²) >= 11 is 7.81. The SMILES string of the molecule is CCNCc1ccc(OCc2nc(C)cs2)c(Cl)c1. The highest BCUT2D eigenvalue weighted by Crippen LogP contribution is 2.26. The van der Waals surface area contributed by atoms with E-state index in [0.717, 1.165) is 29.4 Å². The molecule has 19 heavy (non-hydrogen) atoms. The van der Waals surface area contributed by atoms with Gasteiger partial charge in [0.1, 0.15) is 17.4 Å².